The van der Waals surface area contributed by atoms with E-state index in [4.69, 9.17) is 32.0 Å². The van der Waals surface area contributed by atoms with Crippen LogP contribution in [-0.2, 0) is 9.53 Å². The molecule has 190 valence electrons. The number of hydrogen-bond acceptors (Lipinski definition) is 7. The van der Waals surface area contributed by atoms with Gasteiger partial charge in [0.15, 0.2) is 5.65 Å². The quantitative estimate of drug-likeness (QED) is 0.437. The van der Waals surface area contributed by atoms with Gasteiger partial charge in [0.1, 0.15) is 17.7 Å². The van der Waals surface area contributed by atoms with Gasteiger partial charge in [-0.3, -0.25) is 4.79 Å². The predicted octanol–water partition coefficient (Wildman–Crippen LogP) is 3.68. The van der Waals surface area contributed by atoms with E-state index in [-0.39, 0.29) is 17.8 Å². The van der Waals surface area contributed by atoms with Crippen LogP contribution in [0.3, 0.4) is 0 Å². The highest BCUT2D eigenvalue weighted by Gasteiger charge is 2.31. The Hall–Kier alpha value is -3.76. The molecule has 6 rings (SSSR count). The first-order valence-corrected chi connectivity index (χ1v) is 12.6. The summed E-state index contributed by atoms with van der Waals surface area (Å²) in [4.78, 5) is 26.3. The van der Waals surface area contributed by atoms with Crippen LogP contribution in [0, 0.1) is 5.82 Å². The van der Waals surface area contributed by atoms with Crippen molar-refractivity contribution in [2.45, 2.75) is 18.9 Å². The second-order valence-corrected chi connectivity index (χ2v) is 9.60. The predicted molar refractivity (Wildman–Crippen MR) is 139 cm³/mol. The van der Waals surface area contributed by atoms with Gasteiger partial charge in [-0.25, -0.2) is 14.1 Å². The molecule has 4 aromatic rings. The maximum atomic E-state index is 13.7. The Morgan fingerprint density at radius 3 is 2.43 bits per heavy atom. The van der Waals surface area contributed by atoms with Crippen LogP contribution < -0.4 is 10.6 Å². The molecule has 2 aliphatic heterocycles. The number of benzene rings is 2. The molecule has 1 amide bonds. The number of ether oxygens (including phenoxy) is 1. The number of rotatable bonds is 4. The number of piperazine rings is 1. The largest absolute Gasteiger partial charge is 0.383 e. The normalized spacial score (nSPS) is 18.1. The van der Waals surface area contributed by atoms with Crippen molar-refractivity contribution < 1.29 is 13.9 Å². The summed E-state index contributed by atoms with van der Waals surface area (Å²) < 4.78 is 20.9. The van der Waals surface area contributed by atoms with E-state index in [9.17, 15) is 9.18 Å². The minimum absolute atomic E-state index is 0.0509. The number of nitrogens with zero attached hydrogens (tertiary/aromatic N) is 6. The highest BCUT2D eigenvalue weighted by Crippen LogP contribution is 2.34. The lowest BCUT2D eigenvalue weighted by Crippen LogP contribution is -2.51. The van der Waals surface area contributed by atoms with Gasteiger partial charge in [0.25, 0.3) is 5.91 Å². The molecule has 0 spiro atoms. The molecule has 37 heavy (non-hydrogen) atoms. The highest BCUT2D eigenvalue weighted by molar-refractivity contribution is 6.30. The molecule has 0 saturated carbocycles. The van der Waals surface area contributed by atoms with Crippen molar-refractivity contribution in [2.24, 2.45) is 0 Å². The SMILES string of the molecule is Nc1c2c(-c3ccc(F)cc3)nc(N3CCN(C(=O)[C@H]4CCCO4)CC3)nc2nn1-c1ccc(Cl)cc1. The minimum atomic E-state index is -0.342. The number of amides is 1. The summed E-state index contributed by atoms with van der Waals surface area (Å²) in [5, 5.41) is 5.87. The van der Waals surface area contributed by atoms with E-state index in [0.717, 1.165) is 18.5 Å². The number of carbonyl (C=O) groups excluding carboxylic acids is 1. The fourth-order valence-electron chi connectivity index (χ4n) is 4.84. The van der Waals surface area contributed by atoms with Crippen molar-refractivity contribution in [3.05, 3.63) is 59.4 Å². The maximum Gasteiger partial charge on any atom is 0.251 e. The Labute approximate surface area is 217 Å². The maximum absolute atomic E-state index is 13.7. The molecule has 0 bridgehead atoms. The monoisotopic (exact) mass is 521 g/mol. The molecule has 0 aliphatic carbocycles. The minimum Gasteiger partial charge on any atom is -0.383 e. The molecule has 2 aliphatic rings. The van der Waals surface area contributed by atoms with E-state index < -0.39 is 0 Å². The van der Waals surface area contributed by atoms with E-state index in [1.165, 1.54) is 12.1 Å². The lowest BCUT2D eigenvalue weighted by molar-refractivity contribution is -0.141. The van der Waals surface area contributed by atoms with E-state index in [1.807, 2.05) is 21.9 Å². The van der Waals surface area contributed by atoms with Crippen molar-refractivity contribution in [1.82, 2.24) is 24.6 Å². The van der Waals surface area contributed by atoms with Crippen molar-refractivity contribution in [1.29, 1.82) is 0 Å². The van der Waals surface area contributed by atoms with Gasteiger partial charge >= 0.3 is 0 Å². The summed E-state index contributed by atoms with van der Waals surface area (Å²) >= 11 is 6.06. The van der Waals surface area contributed by atoms with E-state index in [0.29, 0.717) is 71.9 Å². The number of halogens is 2. The second kappa shape index (κ2) is 9.60. The Morgan fingerprint density at radius 1 is 1.03 bits per heavy atom. The number of carbonyl (C=O) groups is 1. The summed E-state index contributed by atoms with van der Waals surface area (Å²) in [6.45, 7) is 2.88. The summed E-state index contributed by atoms with van der Waals surface area (Å²) in [6.07, 6.45) is 1.36. The second-order valence-electron chi connectivity index (χ2n) is 9.17. The number of nitrogens with two attached hydrogens (primary N) is 1. The zero-order chi connectivity index (χ0) is 25.5. The van der Waals surface area contributed by atoms with Crippen molar-refractivity contribution in [2.75, 3.05) is 43.4 Å². The summed E-state index contributed by atoms with van der Waals surface area (Å²) in [6, 6.07) is 13.3. The third-order valence-corrected chi connectivity index (χ3v) is 7.08. The zero-order valence-electron chi connectivity index (χ0n) is 20.0. The molecule has 9 nitrogen and oxygen atoms in total. The highest BCUT2D eigenvalue weighted by atomic mass is 35.5. The molecule has 2 aromatic heterocycles. The van der Waals surface area contributed by atoms with Crippen LogP contribution in [0.15, 0.2) is 48.5 Å². The molecule has 2 N–H and O–H groups in total. The number of nitrogen functional groups attached to an aromatic ring is 1. The standard InChI is InChI=1S/C26H25ClFN7O2/c27-17-5-9-19(10-6-17)35-23(29)21-22(16-3-7-18(28)8-4-16)30-26(31-24(21)32-35)34-13-11-33(12-14-34)25(36)20-2-1-15-37-20/h3-10,20H,1-2,11-15,29H2/t20-/m1/s1. The van der Waals surface area contributed by atoms with E-state index in [2.05, 4.69) is 5.10 Å². The van der Waals surface area contributed by atoms with Crippen LogP contribution in [0.1, 0.15) is 12.8 Å². The van der Waals surface area contributed by atoms with Gasteiger partial charge in [-0.1, -0.05) is 11.6 Å². The van der Waals surface area contributed by atoms with E-state index >= 15 is 0 Å². The van der Waals surface area contributed by atoms with Crippen LogP contribution in [0.25, 0.3) is 28.0 Å². The molecule has 2 aromatic carbocycles. The van der Waals surface area contributed by atoms with Crippen LogP contribution in [0.5, 0.6) is 0 Å². The lowest BCUT2D eigenvalue weighted by Gasteiger charge is -2.35. The van der Waals surface area contributed by atoms with Crippen LogP contribution in [0.2, 0.25) is 5.02 Å². The molecule has 1 atom stereocenters. The Kier molecular flexibility index (Phi) is 6.13. The van der Waals surface area contributed by atoms with Gasteiger partial charge < -0.3 is 20.3 Å². The van der Waals surface area contributed by atoms with E-state index in [1.54, 1.807) is 28.9 Å². The van der Waals surface area contributed by atoms with Gasteiger partial charge in [0.2, 0.25) is 5.95 Å². The topological polar surface area (TPSA) is 102 Å². The molecule has 4 heterocycles. The van der Waals surface area contributed by atoms with Gasteiger partial charge in [-0.2, -0.15) is 4.98 Å². The summed E-state index contributed by atoms with van der Waals surface area (Å²) in [7, 11) is 0. The Morgan fingerprint density at radius 2 is 1.76 bits per heavy atom. The molecular formula is C26H25ClFN7O2. The molecule has 0 radical (unpaired) electrons. The number of aromatic nitrogens is 4. The first kappa shape index (κ1) is 23.6. The van der Waals surface area contributed by atoms with Crippen molar-refractivity contribution >= 4 is 40.3 Å². The fourth-order valence-corrected chi connectivity index (χ4v) is 4.97. The third kappa shape index (κ3) is 4.47. The number of anilines is 2. The first-order chi connectivity index (χ1) is 18.0. The van der Waals surface area contributed by atoms with Crippen LogP contribution in [-0.4, -0.2) is 69.4 Å². The van der Waals surface area contributed by atoms with Crippen molar-refractivity contribution in [3.8, 4) is 16.9 Å². The lowest BCUT2D eigenvalue weighted by atomic mass is 10.1. The molecule has 11 heteroatoms. The Balaban J connectivity index is 1.37. The van der Waals surface area contributed by atoms with Gasteiger partial charge in [0.05, 0.1) is 16.8 Å². The zero-order valence-corrected chi connectivity index (χ0v) is 20.7. The fraction of sp³-hybridized carbons (Fsp3) is 0.308. The first-order valence-electron chi connectivity index (χ1n) is 12.2. The van der Waals surface area contributed by atoms with Gasteiger partial charge in [0, 0.05) is 43.4 Å². The smallest absolute Gasteiger partial charge is 0.251 e. The molecule has 2 fully saturated rings. The summed E-state index contributed by atoms with van der Waals surface area (Å²) in [5.41, 5.74) is 8.98. The molecule has 0 unspecified atom stereocenters. The van der Waals surface area contributed by atoms with Crippen LogP contribution in [0.4, 0.5) is 16.2 Å². The van der Waals surface area contributed by atoms with Gasteiger partial charge in [-0.15, -0.1) is 5.10 Å². The number of hydrogen-bond donors (Lipinski definition) is 1. The molecule has 2 saturated heterocycles. The Bertz CT molecular complexity index is 1440. The summed E-state index contributed by atoms with van der Waals surface area (Å²) in [5.74, 6) is 0.563. The average Bonchev–Trinajstić information content (AvgIpc) is 3.58. The third-order valence-electron chi connectivity index (χ3n) is 6.83. The molecular weight excluding hydrogens is 497 g/mol. The average molecular weight is 522 g/mol. The van der Waals surface area contributed by atoms with Crippen LogP contribution >= 0.6 is 11.6 Å². The van der Waals surface area contributed by atoms with Gasteiger partial charge in [-0.05, 0) is 61.4 Å². The van der Waals surface area contributed by atoms with Crippen molar-refractivity contribution in [3.63, 3.8) is 0 Å². The number of fused-ring (bicyclic) bond motifs is 1.